The van der Waals surface area contributed by atoms with Crippen molar-refractivity contribution in [1.82, 2.24) is 0 Å². The summed E-state index contributed by atoms with van der Waals surface area (Å²) < 4.78 is 0.773. The molecule has 1 saturated heterocycles. The third kappa shape index (κ3) is 2.64. The van der Waals surface area contributed by atoms with Crippen molar-refractivity contribution in [1.29, 1.82) is 0 Å². The zero-order chi connectivity index (χ0) is 18.4. The van der Waals surface area contributed by atoms with Gasteiger partial charge in [-0.3, -0.25) is 0 Å². The number of rotatable bonds is 3. The van der Waals surface area contributed by atoms with Crippen molar-refractivity contribution >= 4 is 40.4 Å². The third-order valence-corrected chi connectivity index (χ3v) is 7.54. The van der Waals surface area contributed by atoms with Crippen molar-refractivity contribution in [3.8, 4) is 0 Å². The summed E-state index contributed by atoms with van der Waals surface area (Å²) in [7, 11) is 0. The molecule has 3 aliphatic rings. The fraction of sp³-hybridized carbons (Fsp3) is 0.435. The molecule has 0 bridgehead atoms. The lowest BCUT2D eigenvalue weighted by Gasteiger charge is -2.59. The standard InChI is InChI=1S/C23H26N2S2/c26-22(27)21-24(17-9-3-1-4-10-17)19-13-7-15-23(19)16-8-14-20(23)25(21)18-11-5-2-6-12-18/h1-6,9-12,19-21H,7-8,13-16H2,(H,26,27)/t19-,20-,23?/m0/s1. The number of hydrogen-bond acceptors (Lipinski definition) is 3. The lowest BCUT2D eigenvalue weighted by molar-refractivity contribution is 0.177. The number of benzene rings is 2. The minimum absolute atomic E-state index is 0.0208. The van der Waals surface area contributed by atoms with Crippen LogP contribution in [0.5, 0.6) is 0 Å². The van der Waals surface area contributed by atoms with Crippen LogP contribution in [-0.2, 0) is 0 Å². The summed E-state index contributed by atoms with van der Waals surface area (Å²) in [4.78, 5) is 5.22. The van der Waals surface area contributed by atoms with Gasteiger partial charge in [0.25, 0.3) is 0 Å². The zero-order valence-electron chi connectivity index (χ0n) is 15.5. The smallest absolute Gasteiger partial charge is 0.145 e. The lowest BCUT2D eigenvalue weighted by Crippen LogP contribution is -2.70. The van der Waals surface area contributed by atoms with E-state index in [1.165, 1.54) is 49.9 Å². The Balaban J connectivity index is 1.71. The maximum atomic E-state index is 5.77. The highest BCUT2D eigenvalue weighted by Gasteiger charge is 2.61. The van der Waals surface area contributed by atoms with E-state index in [0.717, 1.165) is 4.20 Å². The Morgan fingerprint density at radius 1 is 0.815 bits per heavy atom. The number of anilines is 2. The second kappa shape index (κ2) is 6.82. The summed E-state index contributed by atoms with van der Waals surface area (Å²) >= 11 is 10.5. The van der Waals surface area contributed by atoms with Gasteiger partial charge < -0.3 is 9.80 Å². The average molecular weight is 395 g/mol. The molecule has 5 rings (SSSR count). The molecule has 27 heavy (non-hydrogen) atoms. The predicted molar refractivity (Wildman–Crippen MR) is 121 cm³/mol. The van der Waals surface area contributed by atoms with Gasteiger partial charge in [0.2, 0.25) is 0 Å². The maximum Gasteiger partial charge on any atom is 0.145 e. The highest BCUT2D eigenvalue weighted by atomic mass is 32.1. The first-order valence-corrected chi connectivity index (χ1v) is 11.0. The van der Waals surface area contributed by atoms with Crippen molar-refractivity contribution in [2.24, 2.45) is 5.41 Å². The fourth-order valence-electron chi connectivity index (χ4n) is 6.23. The molecule has 3 fully saturated rings. The van der Waals surface area contributed by atoms with E-state index in [-0.39, 0.29) is 6.17 Å². The molecule has 0 radical (unpaired) electrons. The molecule has 2 atom stereocenters. The number of thiocarbonyl (C=S) groups is 1. The van der Waals surface area contributed by atoms with Crippen molar-refractivity contribution < 1.29 is 0 Å². The van der Waals surface area contributed by atoms with Gasteiger partial charge in [0, 0.05) is 28.9 Å². The Kier molecular flexibility index (Phi) is 4.44. The Bertz CT molecular complexity index is 759. The molecule has 2 nitrogen and oxygen atoms in total. The van der Waals surface area contributed by atoms with E-state index in [1.54, 1.807) is 0 Å². The summed E-state index contributed by atoms with van der Waals surface area (Å²) in [6.45, 7) is 0. The van der Waals surface area contributed by atoms with Gasteiger partial charge in [-0.2, -0.15) is 0 Å². The molecular formula is C23H26N2S2. The Morgan fingerprint density at radius 2 is 1.26 bits per heavy atom. The largest absolute Gasteiger partial charge is 0.343 e. The predicted octanol–water partition coefficient (Wildman–Crippen LogP) is 5.69. The molecule has 2 aromatic rings. The molecule has 140 valence electrons. The van der Waals surface area contributed by atoms with Crippen LogP contribution in [0.25, 0.3) is 0 Å². The number of hydrogen-bond donors (Lipinski definition) is 1. The molecular weight excluding hydrogens is 368 g/mol. The third-order valence-electron chi connectivity index (χ3n) is 7.09. The van der Waals surface area contributed by atoms with Crippen molar-refractivity contribution in [2.75, 3.05) is 9.80 Å². The number of thiol groups is 1. The van der Waals surface area contributed by atoms with E-state index in [1.807, 2.05) is 0 Å². The van der Waals surface area contributed by atoms with Crippen LogP contribution >= 0.6 is 24.8 Å². The first-order valence-electron chi connectivity index (χ1n) is 10.1. The van der Waals surface area contributed by atoms with Crippen LogP contribution in [-0.4, -0.2) is 22.4 Å². The summed E-state index contributed by atoms with van der Waals surface area (Å²) in [5.41, 5.74) is 2.92. The fourth-order valence-corrected chi connectivity index (χ4v) is 6.70. The molecule has 1 spiro atoms. The molecule has 2 saturated carbocycles. The molecule has 2 aliphatic carbocycles. The van der Waals surface area contributed by atoms with E-state index in [0.29, 0.717) is 17.5 Å². The van der Waals surface area contributed by atoms with Gasteiger partial charge in [0.05, 0.1) is 4.20 Å². The normalized spacial score (nSPS) is 32.3. The second-order valence-electron chi connectivity index (χ2n) is 8.25. The highest BCUT2D eigenvalue weighted by molar-refractivity contribution is 8.11. The van der Waals surface area contributed by atoms with E-state index in [2.05, 4.69) is 70.5 Å². The minimum Gasteiger partial charge on any atom is -0.343 e. The SMILES string of the molecule is S=C(S)C1N(c2ccccc2)[C@H]2CCCC23CCC[C@@H]3N1c1ccccc1. The molecule has 0 aromatic heterocycles. The van der Waals surface area contributed by atoms with Gasteiger partial charge in [-0.1, -0.05) is 61.5 Å². The van der Waals surface area contributed by atoms with Gasteiger partial charge in [-0.25, -0.2) is 0 Å². The zero-order valence-corrected chi connectivity index (χ0v) is 17.2. The monoisotopic (exact) mass is 394 g/mol. The van der Waals surface area contributed by atoms with Gasteiger partial charge in [0.1, 0.15) is 6.17 Å². The van der Waals surface area contributed by atoms with Crippen LogP contribution < -0.4 is 9.80 Å². The van der Waals surface area contributed by atoms with Gasteiger partial charge in [-0.15, -0.1) is 12.6 Å². The van der Waals surface area contributed by atoms with E-state index < -0.39 is 0 Å². The molecule has 0 amide bonds. The Morgan fingerprint density at radius 3 is 1.67 bits per heavy atom. The summed E-state index contributed by atoms with van der Waals surface area (Å²) in [6.07, 6.45) is 7.86. The number of para-hydroxylation sites is 2. The molecule has 1 aliphatic heterocycles. The van der Waals surface area contributed by atoms with Gasteiger partial charge >= 0.3 is 0 Å². The number of nitrogens with zero attached hydrogens (tertiary/aromatic N) is 2. The molecule has 2 aromatic carbocycles. The van der Waals surface area contributed by atoms with Crippen molar-refractivity contribution in [2.45, 2.75) is 56.8 Å². The first kappa shape index (κ1) is 17.6. The van der Waals surface area contributed by atoms with Gasteiger partial charge in [-0.05, 0) is 49.9 Å². The van der Waals surface area contributed by atoms with Crippen LogP contribution in [0.2, 0.25) is 0 Å². The maximum absolute atomic E-state index is 5.77. The summed E-state index contributed by atoms with van der Waals surface area (Å²) in [5, 5.41) is 0. The van der Waals surface area contributed by atoms with Crippen LogP contribution in [0, 0.1) is 5.41 Å². The van der Waals surface area contributed by atoms with Gasteiger partial charge in [0.15, 0.2) is 0 Å². The summed E-state index contributed by atoms with van der Waals surface area (Å²) in [5.74, 6) is 0. The molecule has 1 heterocycles. The Hall–Kier alpha value is -1.52. The molecule has 0 N–H and O–H groups in total. The van der Waals surface area contributed by atoms with E-state index in [4.69, 9.17) is 24.8 Å². The molecule has 0 unspecified atom stereocenters. The van der Waals surface area contributed by atoms with Crippen LogP contribution in [0.1, 0.15) is 38.5 Å². The lowest BCUT2D eigenvalue weighted by atomic mass is 9.73. The van der Waals surface area contributed by atoms with E-state index >= 15 is 0 Å². The van der Waals surface area contributed by atoms with Crippen LogP contribution in [0.15, 0.2) is 60.7 Å². The highest BCUT2D eigenvalue weighted by Crippen LogP contribution is 2.59. The quantitative estimate of drug-likeness (QED) is 0.528. The van der Waals surface area contributed by atoms with Crippen molar-refractivity contribution in [3.05, 3.63) is 60.7 Å². The van der Waals surface area contributed by atoms with Crippen molar-refractivity contribution in [3.63, 3.8) is 0 Å². The van der Waals surface area contributed by atoms with Crippen LogP contribution in [0.4, 0.5) is 11.4 Å². The minimum atomic E-state index is 0.0208. The first-order chi connectivity index (χ1) is 13.2. The average Bonchev–Trinajstić information content (AvgIpc) is 3.32. The summed E-state index contributed by atoms with van der Waals surface area (Å²) in [6, 6.07) is 22.8. The van der Waals surface area contributed by atoms with E-state index in [9.17, 15) is 0 Å². The van der Waals surface area contributed by atoms with Crippen LogP contribution in [0.3, 0.4) is 0 Å². The topological polar surface area (TPSA) is 6.48 Å². The second-order valence-corrected chi connectivity index (χ2v) is 9.47. The molecule has 4 heteroatoms. The Labute approximate surface area is 173 Å².